The van der Waals surface area contributed by atoms with Crippen molar-refractivity contribution in [1.82, 2.24) is 4.90 Å². The minimum Gasteiger partial charge on any atom is -0.342 e. The predicted octanol–water partition coefficient (Wildman–Crippen LogP) is 1.74. The second kappa shape index (κ2) is 4.93. The number of carbonyl (C=O) groups excluding carboxylic acids is 1. The van der Waals surface area contributed by atoms with Gasteiger partial charge in [0.25, 0.3) is 0 Å². The molecule has 2 fully saturated rings. The van der Waals surface area contributed by atoms with E-state index in [2.05, 4.69) is 0 Å². The molecule has 2 aliphatic rings. The summed E-state index contributed by atoms with van der Waals surface area (Å²) < 4.78 is 12.9. The quantitative estimate of drug-likeness (QED) is 0.902. The molecule has 0 spiro atoms. The van der Waals surface area contributed by atoms with E-state index in [0.29, 0.717) is 12.5 Å². The largest absolute Gasteiger partial charge is 0.342 e. The first-order chi connectivity index (χ1) is 9.19. The lowest BCUT2D eigenvalue weighted by atomic mass is 10.1. The summed E-state index contributed by atoms with van der Waals surface area (Å²) >= 11 is 0. The van der Waals surface area contributed by atoms with Crippen LogP contribution in [-0.2, 0) is 4.79 Å². The molecular weight excluding hydrogens is 243 g/mol. The van der Waals surface area contributed by atoms with Crippen molar-refractivity contribution < 1.29 is 9.18 Å². The minimum atomic E-state index is -0.224. The number of nitrogens with zero attached hydrogens (tertiary/aromatic N) is 1. The number of nitrogens with two attached hydrogens (primary N) is 1. The Balaban J connectivity index is 1.60. The van der Waals surface area contributed by atoms with Crippen LogP contribution in [0.5, 0.6) is 0 Å². The lowest BCUT2D eigenvalue weighted by Crippen LogP contribution is -2.31. The fourth-order valence-electron chi connectivity index (χ4n) is 3.01. The van der Waals surface area contributed by atoms with E-state index in [-0.39, 0.29) is 23.6 Å². The van der Waals surface area contributed by atoms with Gasteiger partial charge in [-0.1, -0.05) is 12.1 Å². The first-order valence-corrected chi connectivity index (χ1v) is 6.93. The third-order valence-electron chi connectivity index (χ3n) is 4.34. The maximum absolute atomic E-state index is 12.9. The van der Waals surface area contributed by atoms with Crippen molar-refractivity contribution in [3.05, 3.63) is 35.6 Å². The maximum Gasteiger partial charge on any atom is 0.226 e. The summed E-state index contributed by atoms with van der Waals surface area (Å²) in [5, 5.41) is 0. The predicted molar refractivity (Wildman–Crippen MR) is 71.0 cm³/mol. The fraction of sp³-hybridized carbons (Fsp3) is 0.533. The molecule has 1 heterocycles. The Labute approximate surface area is 112 Å². The molecule has 102 valence electrons. The number of amides is 1. The van der Waals surface area contributed by atoms with Crippen molar-refractivity contribution in [3.63, 3.8) is 0 Å². The number of hydrogen-bond donors (Lipinski definition) is 1. The summed E-state index contributed by atoms with van der Waals surface area (Å²) in [6, 6.07) is 6.52. The molecule has 1 saturated heterocycles. The molecule has 1 aliphatic carbocycles. The zero-order valence-corrected chi connectivity index (χ0v) is 10.9. The zero-order valence-electron chi connectivity index (χ0n) is 10.9. The highest BCUT2D eigenvalue weighted by atomic mass is 19.1. The van der Waals surface area contributed by atoms with Crippen LogP contribution in [0.2, 0.25) is 0 Å². The van der Waals surface area contributed by atoms with E-state index in [1.54, 1.807) is 12.1 Å². The van der Waals surface area contributed by atoms with Crippen molar-refractivity contribution >= 4 is 5.91 Å². The van der Waals surface area contributed by atoms with Crippen molar-refractivity contribution in [3.8, 4) is 0 Å². The second-order valence-electron chi connectivity index (χ2n) is 5.67. The molecule has 1 amide bonds. The molecule has 3 rings (SSSR count). The normalized spacial score (nSPS) is 29.6. The Bertz CT molecular complexity index is 474. The van der Waals surface area contributed by atoms with Gasteiger partial charge in [0.15, 0.2) is 0 Å². The van der Waals surface area contributed by atoms with Crippen molar-refractivity contribution in [2.45, 2.75) is 18.8 Å². The molecular formula is C15H19FN2O. The van der Waals surface area contributed by atoms with E-state index >= 15 is 0 Å². The smallest absolute Gasteiger partial charge is 0.226 e. The van der Waals surface area contributed by atoms with Gasteiger partial charge < -0.3 is 10.6 Å². The summed E-state index contributed by atoms with van der Waals surface area (Å²) in [5.74, 6) is 0.877. The van der Waals surface area contributed by atoms with Gasteiger partial charge in [0.05, 0.1) is 0 Å². The number of benzene rings is 1. The van der Waals surface area contributed by atoms with Gasteiger partial charge in [-0.25, -0.2) is 4.39 Å². The lowest BCUT2D eigenvalue weighted by Gasteiger charge is -2.16. The number of carbonyl (C=O) groups is 1. The van der Waals surface area contributed by atoms with Gasteiger partial charge in [0, 0.05) is 19.0 Å². The van der Waals surface area contributed by atoms with Gasteiger partial charge in [-0.3, -0.25) is 4.79 Å². The van der Waals surface area contributed by atoms with Crippen LogP contribution in [0.3, 0.4) is 0 Å². The number of halogens is 1. The van der Waals surface area contributed by atoms with Crippen LogP contribution in [0, 0.1) is 17.7 Å². The molecule has 0 unspecified atom stereocenters. The molecule has 19 heavy (non-hydrogen) atoms. The van der Waals surface area contributed by atoms with Crippen LogP contribution in [0.15, 0.2) is 24.3 Å². The Morgan fingerprint density at radius 1 is 1.37 bits per heavy atom. The Kier molecular flexibility index (Phi) is 3.27. The minimum absolute atomic E-state index is 0.0991. The monoisotopic (exact) mass is 262 g/mol. The van der Waals surface area contributed by atoms with E-state index in [1.807, 2.05) is 4.90 Å². The summed E-state index contributed by atoms with van der Waals surface area (Å²) in [7, 11) is 0. The van der Waals surface area contributed by atoms with E-state index in [9.17, 15) is 9.18 Å². The van der Waals surface area contributed by atoms with Gasteiger partial charge in [-0.05, 0) is 48.9 Å². The Hall–Kier alpha value is -1.42. The van der Waals surface area contributed by atoms with Crippen LogP contribution < -0.4 is 5.73 Å². The molecule has 3 atom stereocenters. The van der Waals surface area contributed by atoms with Crippen LogP contribution in [0.4, 0.5) is 4.39 Å². The standard InChI is InChI=1S/C15H19FN2O/c16-12-3-1-11(2-4-12)13-7-14(13)15(19)18-6-5-10(8-17)9-18/h1-4,10,13-14H,5-9,17H2/t10-,13-,14-/m0/s1. The van der Waals surface area contributed by atoms with Crippen LogP contribution >= 0.6 is 0 Å². The summed E-state index contributed by atoms with van der Waals surface area (Å²) in [6.07, 6.45) is 1.92. The Morgan fingerprint density at radius 2 is 2.11 bits per heavy atom. The molecule has 1 aliphatic heterocycles. The van der Waals surface area contributed by atoms with Crippen molar-refractivity contribution in [2.24, 2.45) is 17.6 Å². The van der Waals surface area contributed by atoms with Gasteiger partial charge in [-0.15, -0.1) is 0 Å². The highest BCUT2D eigenvalue weighted by molar-refractivity contribution is 5.83. The van der Waals surface area contributed by atoms with E-state index in [0.717, 1.165) is 31.5 Å². The van der Waals surface area contributed by atoms with Crippen LogP contribution in [0.1, 0.15) is 24.3 Å². The van der Waals surface area contributed by atoms with Gasteiger partial charge in [0.1, 0.15) is 5.82 Å². The molecule has 0 aromatic heterocycles. The third-order valence-corrected chi connectivity index (χ3v) is 4.34. The highest BCUT2D eigenvalue weighted by Crippen LogP contribution is 2.48. The van der Waals surface area contributed by atoms with Gasteiger partial charge in [-0.2, -0.15) is 0 Å². The van der Waals surface area contributed by atoms with Crippen molar-refractivity contribution in [1.29, 1.82) is 0 Å². The number of rotatable bonds is 3. The van der Waals surface area contributed by atoms with E-state index in [1.165, 1.54) is 12.1 Å². The summed E-state index contributed by atoms with van der Waals surface area (Å²) in [5.41, 5.74) is 6.73. The average molecular weight is 262 g/mol. The molecule has 4 heteroatoms. The van der Waals surface area contributed by atoms with Crippen LogP contribution in [-0.4, -0.2) is 30.4 Å². The molecule has 1 aromatic rings. The lowest BCUT2D eigenvalue weighted by molar-refractivity contribution is -0.131. The Morgan fingerprint density at radius 3 is 2.74 bits per heavy atom. The molecule has 1 aromatic carbocycles. The average Bonchev–Trinajstić information content (AvgIpc) is 3.07. The van der Waals surface area contributed by atoms with Crippen LogP contribution in [0.25, 0.3) is 0 Å². The van der Waals surface area contributed by atoms with E-state index < -0.39 is 0 Å². The molecule has 3 nitrogen and oxygen atoms in total. The van der Waals surface area contributed by atoms with Crippen molar-refractivity contribution in [2.75, 3.05) is 19.6 Å². The van der Waals surface area contributed by atoms with Gasteiger partial charge >= 0.3 is 0 Å². The molecule has 2 N–H and O–H groups in total. The van der Waals surface area contributed by atoms with E-state index in [4.69, 9.17) is 5.73 Å². The fourth-order valence-corrected chi connectivity index (χ4v) is 3.01. The molecule has 0 bridgehead atoms. The third kappa shape index (κ3) is 2.50. The first kappa shape index (κ1) is 12.6. The zero-order chi connectivity index (χ0) is 13.4. The SMILES string of the molecule is NC[C@@H]1CCN(C(=O)[C@H]2C[C@H]2c2ccc(F)cc2)C1. The molecule has 0 radical (unpaired) electrons. The maximum atomic E-state index is 12.9. The number of hydrogen-bond acceptors (Lipinski definition) is 2. The number of likely N-dealkylation sites (tertiary alicyclic amines) is 1. The second-order valence-corrected chi connectivity index (χ2v) is 5.67. The summed E-state index contributed by atoms with van der Waals surface area (Å²) in [6.45, 7) is 2.31. The molecule has 1 saturated carbocycles. The highest BCUT2D eigenvalue weighted by Gasteiger charge is 2.46. The topological polar surface area (TPSA) is 46.3 Å². The summed E-state index contributed by atoms with van der Waals surface area (Å²) in [4.78, 5) is 14.3. The first-order valence-electron chi connectivity index (χ1n) is 6.93. The van der Waals surface area contributed by atoms with Gasteiger partial charge in [0.2, 0.25) is 5.91 Å².